The van der Waals surface area contributed by atoms with Crippen LogP contribution < -0.4 is 10.6 Å². The zero-order chi connectivity index (χ0) is 21.3. The Morgan fingerprint density at radius 3 is 2.80 bits per heavy atom. The first-order chi connectivity index (χ1) is 14.5. The Balaban J connectivity index is 1.55. The number of piperidine rings is 1. The molecule has 2 N–H and O–H groups in total. The van der Waals surface area contributed by atoms with E-state index in [1.54, 1.807) is 18.2 Å². The highest BCUT2D eigenvalue weighted by molar-refractivity contribution is 6.28. The molecule has 0 bridgehead atoms. The number of fused-ring (bicyclic) bond motifs is 1. The number of amides is 4. The van der Waals surface area contributed by atoms with Crippen molar-refractivity contribution in [2.75, 3.05) is 11.9 Å². The molecule has 30 heavy (non-hydrogen) atoms. The van der Waals surface area contributed by atoms with Gasteiger partial charge in [0.15, 0.2) is 0 Å². The van der Waals surface area contributed by atoms with Gasteiger partial charge in [-0.1, -0.05) is 17.9 Å². The molecule has 1 unspecified atom stereocenters. The molecule has 0 spiro atoms. The van der Waals surface area contributed by atoms with Crippen molar-refractivity contribution in [2.45, 2.75) is 18.9 Å². The Morgan fingerprint density at radius 2 is 2.03 bits per heavy atom. The third-order valence-corrected chi connectivity index (χ3v) is 4.86. The Hall–Kier alpha value is -3.77. The minimum atomic E-state index is -1.01. The van der Waals surface area contributed by atoms with Gasteiger partial charge < -0.3 is 5.32 Å². The summed E-state index contributed by atoms with van der Waals surface area (Å²) in [7, 11) is 0. The van der Waals surface area contributed by atoms with Crippen LogP contribution in [0.2, 0.25) is 5.28 Å². The minimum absolute atomic E-state index is 0.0647. The standard InChI is InChI=1S/C20H14ClN5O4/c21-20-23-10-8-14(24-20)22-9-2-4-11-3-1-5-12-16(11)19(30)26(18(12)29)13-6-7-15(27)25-17(13)28/h1,3,5,8,10,13H,6-7,9H2,(H,22,23,24)(H,25,27,28). The molecule has 1 aromatic carbocycles. The molecule has 1 fully saturated rings. The summed E-state index contributed by atoms with van der Waals surface area (Å²) in [5.74, 6) is 4.02. The fourth-order valence-corrected chi connectivity index (χ4v) is 3.47. The smallest absolute Gasteiger partial charge is 0.263 e. The van der Waals surface area contributed by atoms with Crippen LogP contribution in [0.25, 0.3) is 0 Å². The lowest BCUT2D eigenvalue weighted by atomic mass is 10.0. The zero-order valence-electron chi connectivity index (χ0n) is 15.4. The van der Waals surface area contributed by atoms with Gasteiger partial charge in [-0.15, -0.1) is 0 Å². The van der Waals surface area contributed by atoms with Crippen LogP contribution in [-0.4, -0.2) is 51.1 Å². The molecule has 0 saturated carbocycles. The molecule has 2 aliphatic heterocycles. The molecule has 2 aromatic rings. The number of nitrogens with zero attached hydrogens (tertiary/aromatic N) is 3. The first-order valence-corrected chi connectivity index (χ1v) is 9.39. The van der Waals surface area contributed by atoms with Crippen LogP contribution in [0.4, 0.5) is 5.82 Å². The Bertz CT molecular complexity index is 1150. The molecule has 9 nitrogen and oxygen atoms in total. The van der Waals surface area contributed by atoms with Crippen LogP contribution in [0.5, 0.6) is 0 Å². The van der Waals surface area contributed by atoms with Gasteiger partial charge in [-0.3, -0.25) is 29.4 Å². The maximum atomic E-state index is 13.0. The highest BCUT2D eigenvalue weighted by Gasteiger charge is 2.45. The summed E-state index contributed by atoms with van der Waals surface area (Å²) in [6.45, 7) is 0.218. The number of anilines is 1. The van der Waals surface area contributed by atoms with Gasteiger partial charge in [0.1, 0.15) is 11.9 Å². The monoisotopic (exact) mass is 423 g/mol. The van der Waals surface area contributed by atoms with E-state index in [0.29, 0.717) is 11.4 Å². The average molecular weight is 424 g/mol. The predicted molar refractivity (Wildman–Crippen MR) is 106 cm³/mol. The lowest BCUT2D eigenvalue weighted by Gasteiger charge is -2.27. The van der Waals surface area contributed by atoms with Crippen molar-refractivity contribution in [3.63, 3.8) is 0 Å². The number of halogens is 1. The van der Waals surface area contributed by atoms with E-state index in [9.17, 15) is 19.2 Å². The van der Waals surface area contributed by atoms with E-state index in [1.807, 2.05) is 0 Å². The van der Waals surface area contributed by atoms with Gasteiger partial charge in [0, 0.05) is 18.2 Å². The molecule has 0 aliphatic carbocycles. The number of carbonyl (C=O) groups is 4. The predicted octanol–water partition coefficient (Wildman–Crippen LogP) is 0.995. The number of imide groups is 2. The Labute approximate surface area is 175 Å². The van der Waals surface area contributed by atoms with Gasteiger partial charge >= 0.3 is 0 Å². The van der Waals surface area contributed by atoms with Crippen molar-refractivity contribution in [3.05, 3.63) is 52.4 Å². The molecule has 0 radical (unpaired) electrons. The van der Waals surface area contributed by atoms with E-state index in [0.717, 1.165) is 4.90 Å². The van der Waals surface area contributed by atoms with Crippen molar-refractivity contribution in [3.8, 4) is 11.8 Å². The number of aromatic nitrogens is 2. The van der Waals surface area contributed by atoms with Crippen LogP contribution >= 0.6 is 11.6 Å². The number of carbonyl (C=O) groups excluding carboxylic acids is 4. The van der Waals surface area contributed by atoms with Crippen LogP contribution in [0.3, 0.4) is 0 Å². The van der Waals surface area contributed by atoms with Gasteiger partial charge in [-0.25, -0.2) is 9.97 Å². The summed E-state index contributed by atoms with van der Waals surface area (Å²) < 4.78 is 0. The topological polar surface area (TPSA) is 121 Å². The molecule has 4 rings (SSSR count). The van der Waals surface area contributed by atoms with Gasteiger partial charge in [0.05, 0.1) is 17.7 Å². The summed E-state index contributed by atoms with van der Waals surface area (Å²) >= 11 is 5.72. The van der Waals surface area contributed by atoms with E-state index in [2.05, 4.69) is 32.4 Å². The summed E-state index contributed by atoms with van der Waals surface area (Å²) in [4.78, 5) is 58.0. The van der Waals surface area contributed by atoms with Gasteiger partial charge in [0.25, 0.3) is 11.8 Å². The van der Waals surface area contributed by atoms with Gasteiger partial charge in [-0.2, -0.15) is 0 Å². The van der Waals surface area contributed by atoms with Crippen molar-refractivity contribution in [1.82, 2.24) is 20.2 Å². The highest BCUT2D eigenvalue weighted by atomic mass is 35.5. The molecule has 1 aromatic heterocycles. The number of rotatable bonds is 3. The molecular weight excluding hydrogens is 410 g/mol. The second-order valence-corrected chi connectivity index (χ2v) is 6.88. The maximum absolute atomic E-state index is 13.0. The third-order valence-electron chi connectivity index (χ3n) is 4.68. The van der Waals surface area contributed by atoms with E-state index in [1.165, 1.54) is 12.3 Å². The van der Waals surface area contributed by atoms with Gasteiger partial charge in [-0.05, 0) is 36.2 Å². The molecular formula is C20H14ClN5O4. The average Bonchev–Trinajstić information content (AvgIpc) is 2.97. The van der Waals surface area contributed by atoms with Crippen LogP contribution in [0.1, 0.15) is 39.1 Å². The van der Waals surface area contributed by atoms with Crippen molar-refractivity contribution < 1.29 is 19.2 Å². The SMILES string of the molecule is O=C1CCC(N2C(=O)c3cccc(C#CCNc4ccnc(Cl)n4)c3C2=O)C(=O)N1. The van der Waals surface area contributed by atoms with E-state index >= 15 is 0 Å². The molecule has 4 amide bonds. The molecule has 1 saturated heterocycles. The second-order valence-electron chi connectivity index (χ2n) is 6.54. The van der Waals surface area contributed by atoms with Crippen LogP contribution in [-0.2, 0) is 9.59 Å². The maximum Gasteiger partial charge on any atom is 0.263 e. The number of nitrogens with one attached hydrogen (secondary N) is 2. The Kier molecular flexibility index (Phi) is 5.16. The zero-order valence-corrected chi connectivity index (χ0v) is 16.2. The molecule has 150 valence electrons. The molecule has 1 atom stereocenters. The summed E-state index contributed by atoms with van der Waals surface area (Å²) in [6.07, 6.45) is 1.67. The number of hydrogen-bond acceptors (Lipinski definition) is 7. The summed E-state index contributed by atoms with van der Waals surface area (Å²) in [6, 6.07) is 5.40. The van der Waals surface area contributed by atoms with Crippen LogP contribution in [0.15, 0.2) is 30.5 Å². The first-order valence-electron chi connectivity index (χ1n) is 9.01. The Morgan fingerprint density at radius 1 is 1.20 bits per heavy atom. The minimum Gasteiger partial charge on any atom is -0.359 e. The molecule has 2 aliphatic rings. The number of hydrogen-bond donors (Lipinski definition) is 2. The summed E-state index contributed by atoms with van der Waals surface area (Å²) in [5, 5.41) is 5.23. The van der Waals surface area contributed by atoms with Crippen molar-refractivity contribution >= 4 is 41.0 Å². The fraction of sp³-hybridized carbons (Fsp3) is 0.200. The lowest BCUT2D eigenvalue weighted by molar-refractivity contribution is -0.136. The fourth-order valence-electron chi connectivity index (χ4n) is 3.33. The van der Waals surface area contributed by atoms with E-state index < -0.39 is 29.7 Å². The van der Waals surface area contributed by atoms with Crippen molar-refractivity contribution in [1.29, 1.82) is 0 Å². The van der Waals surface area contributed by atoms with Crippen molar-refractivity contribution in [2.24, 2.45) is 0 Å². The largest absolute Gasteiger partial charge is 0.359 e. The van der Waals surface area contributed by atoms with Crippen LogP contribution in [0, 0.1) is 11.8 Å². The van der Waals surface area contributed by atoms with Gasteiger partial charge in [0.2, 0.25) is 17.1 Å². The second kappa shape index (κ2) is 7.93. The number of benzene rings is 1. The first kappa shape index (κ1) is 19.5. The normalized spacial score (nSPS) is 17.9. The molecule has 10 heteroatoms. The lowest BCUT2D eigenvalue weighted by Crippen LogP contribution is -2.54. The molecule has 3 heterocycles. The quantitative estimate of drug-likeness (QED) is 0.429. The summed E-state index contributed by atoms with van der Waals surface area (Å²) in [5.41, 5.74) is 0.722. The third kappa shape index (κ3) is 3.60. The van der Waals surface area contributed by atoms with E-state index in [-0.39, 0.29) is 35.8 Å². The highest BCUT2D eigenvalue weighted by Crippen LogP contribution is 2.29. The van der Waals surface area contributed by atoms with E-state index in [4.69, 9.17) is 11.6 Å².